The summed E-state index contributed by atoms with van der Waals surface area (Å²) in [6.07, 6.45) is 4.29. The van der Waals surface area contributed by atoms with E-state index >= 15 is 0 Å². The SMILES string of the molecule is CCON=Cc1ccc(OCCC2CCN(c3ccc(Cl)nn3)CC2)c([N+](=O)[O-])c1. The molecule has 1 aliphatic rings. The molecule has 0 saturated carbocycles. The van der Waals surface area contributed by atoms with Crippen LogP contribution in [0.1, 0.15) is 31.7 Å². The van der Waals surface area contributed by atoms with Crippen molar-refractivity contribution in [2.24, 2.45) is 11.1 Å². The summed E-state index contributed by atoms with van der Waals surface area (Å²) in [5.41, 5.74) is 0.506. The van der Waals surface area contributed by atoms with Crippen LogP contribution in [0.3, 0.4) is 0 Å². The zero-order chi connectivity index (χ0) is 21.3. The number of piperidine rings is 1. The molecule has 1 fully saturated rings. The monoisotopic (exact) mass is 433 g/mol. The minimum atomic E-state index is -0.445. The molecular formula is C20H24ClN5O4. The zero-order valence-electron chi connectivity index (χ0n) is 16.7. The Bertz CT molecular complexity index is 870. The van der Waals surface area contributed by atoms with E-state index < -0.39 is 4.92 Å². The molecule has 1 aromatic heterocycles. The van der Waals surface area contributed by atoms with E-state index in [4.69, 9.17) is 21.2 Å². The Labute approximate surface area is 179 Å². The summed E-state index contributed by atoms with van der Waals surface area (Å²) in [6, 6.07) is 8.37. The number of rotatable bonds is 9. The van der Waals surface area contributed by atoms with Crippen LogP contribution in [0.15, 0.2) is 35.5 Å². The van der Waals surface area contributed by atoms with Crippen LogP contribution in [0.5, 0.6) is 5.75 Å². The van der Waals surface area contributed by atoms with Crippen LogP contribution in [0, 0.1) is 16.0 Å². The van der Waals surface area contributed by atoms with Gasteiger partial charge in [-0.15, -0.1) is 10.2 Å². The van der Waals surface area contributed by atoms with Gasteiger partial charge < -0.3 is 14.5 Å². The number of oxime groups is 1. The van der Waals surface area contributed by atoms with E-state index in [9.17, 15) is 10.1 Å². The maximum Gasteiger partial charge on any atom is 0.311 e. The highest BCUT2D eigenvalue weighted by Crippen LogP contribution is 2.29. The van der Waals surface area contributed by atoms with Crippen molar-refractivity contribution in [3.63, 3.8) is 0 Å². The van der Waals surface area contributed by atoms with Gasteiger partial charge in [0.2, 0.25) is 0 Å². The van der Waals surface area contributed by atoms with Crippen LogP contribution in [0.4, 0.5) is 11.5 Å². The quantitative estimate of drug-likeness (QED) is 0.333. The number of anilines is 1. The number of aromatic nitrogens is 2. The van der Waals surface area contributed by atoms with Gasteiger partial charge in [0.15, 0.2) is 16.7 Å². The number of hydrogen-bond donors (Lipinski definition) is 0. The van der Waals surface area contributed by atoms with Crippen LogP contribution in [0.25, 0.3) is 0 Å². The lowest BCUT2D eigenvalue weighted by Gasteiger charge is -2.32. The fourth-order valence-electron chi connectivity index (χ4n) is 3.32. The van der Waals surface area contributed by atoms with Gasteiger partial charge in [-0.2, -0.15) is 0 Å². The fourth-order valence-corrected chi connectivity index (χ4v) is 3.42. The van der Waals surface area contributed by atoms with Crippen molar-refractivity contribution in [1.29, 1.82) is 0 Å². The van der Waals surface area contributed by atoms with Gasteiger partial charge in [-0.1, -0.05) is 16.8 Å². The maximum absolute atomic E-state index is 11.4. The molecule has 2 heterocycles. The molecular weight excluding hydrogens is 410 g/mol. The predicted molar refractivity (Wildman–Crippen MR) is 114 cm³/mol. The van der Waals surface area contributed by atoms with E-state index in [0.717, 1.165) is 38.2 Å². The molecule has 0 unspecified atom stereocenters. The Balaban J connectivity index is 1.49. The van der Waals surface area contributed by atoms with Crippen molar-refractivity contribution in [1.82, 2.24) is 10.2 Å². The second kappa shape index (κ2) is 10.7. The molecule has 1 saturated heterocycles. The molecule has 9 nitrogen and oxygen atoms in total. The average Bonchev–Trinajstić information content (AvgIpc) is 2.75. The number of nitro benzene ring substituents is 1. The summed E-state index contributed by atoms with van der Waals surface area (Å²) < 4.78 is 5.74. The molecule has 30 heavy (non-hydrogen) atoms. The Morgan fingerprint density at radius 3 is 2.77 bits per heavy atom. The van der Waals surface area contributed by atoms with Crippen LogP contribution in [-0.4, -0.2) is 47.6 Å². The number of halogens is 1. The third-order valence-electron chi connectivity index (χ3n) is 4.93. The van der Waals surface area contributed by atoms with Crippen LogP contribution in [-0.2, 0) is 4.84 Å². The van der Waals surface area contributed by atoms with Gasteiger partial charge in [-0.3, -0.25) is 10.1 Å². The van der Waals surface area contributed by atoms with Crippen LogP contribution >= 0.6 is 11.6 Å². The Morgan fingerprint density at radius 2 is 2.10 bits per heavy atom. The first-order valence-electron chi connectivity index (χ1n) is 9.87. The van der Waals surface area contributed by atoms with E-state index in [1.54, 1.807) is 18.2 Å². The summed E-state index contributed by atoms with van der Waals surface area (Å²) in [5.74, 6) is 1.60. The molecule has 3 rings (SSSR count). The van der Waals surface area contributed by atoms with Crippen molar-refractivity contribution < 1.29 is 14.5 Å². The standard InChI is InChI=1S/C20H24ClN5O4/c1-2-30-22-14-16-3-4-18(17(13-16)26(27)28)29-12-9-15-7-10-25(11-8-15)20-6-5-19(21)23-24-20/h3-6,13-15H,2,7-12H2,1H3. The summed E-state index contributed by atoms with van der Waals surface area (Å²) in [6.45, 7) is 4.45. The first-order chi connectivity index (χ1) is 14.6. The molecule has 0 spiro atoms. The van der Waals surface area contributed by atoms with Crippen LogP contribution < -0.4 is 9.64 Å². The van der Waals surface area contributed by atoms with Gasteiger partial charge in [-0.05, 0) is 56.4 Å². The highest BCUT2D eigenvalue weighted by Gasteiger charge is 2.21. The molecule has 0 amide bonds. The number of ether oxygens (including phenoxy) is 1. The minimum absolute atomic E-state index is 0.0772. The highest BCUT2D eigenvalue weighted by molar-refractivity contribution is 6.29. The smallest absolute Gasteiger partial charge is 0.311 e. The average molecular weight is 434 g/mol. The molecule has 0 radical (unpaired) electrons. The lowest BCUT2D eigenvalue weighted by molar-refractivity contribution is -0.385. The maximum atomic E-state index is 11.4. The van der Waals surface area contributed by atoms with Crippen molar-refractivity contribution in [3.05, 3.63) is 51.2 Å². The first kappa shape index (κ1) is 21.8. The lowest BCUT2D eigenvalue weighted by Crippen LogP contribution is -2.34. The van der Waals surface area contributed by atoms with Crippen LogP contribution in [0.2, 0.25) is 5.15 Å². The topological polar surface area (TPSA) is 103 Å². The largest absolute Gasteiger partial charge is 0.487 e. The van der Waals surface area contributed by atoms with Gasteiger partial charge in [0, 0.05) is 24.7 Å². The van der Waals surface area contributed by atoms with Crippen molar-refractivity contribution >= 4 is 29.3 Å². The second-order valence-corrected chi connectivity index (χ2v) is 7.31. The number of nitrogens with zero attached hydrogens (tertiary/aromatic N) is 5. The lowest BCUT2D eigenvalue weighted by atomic mass is 9.94. The molecule has 0 bridgehead atoms. The third kappa shape index (κ3) is 6.03. The van der Waals surface area contributed by atoms with Gasteiger partial charge >= 0.3 is 5.69 Å². The normalized spacial score (nSPS) is 14.8. The summed E-state index contributed by atoms with van der Waals surface area (Å²) >= 11 is 5.79. The fraction of sp³-hybridized carbons (Fsp3) is 0.450. The van der Waals surface area contributed by atoms with Crippen molar-refractivity contribution in [2.45, 2.75) is 26.2 Å². The number of nitro groups is 1. The van der Waals surface area contributed by atoms with E-state index in [-0.39, 0.29) is 11.4 Å². The Morgan fingerprint density at radius 1 is 1.30 bits per heavy atom. The van der Waals surface area contributed by atoms with E-state index in [0.29, 0.717) is 29.8 Å². The molecule has 0 N–H and O–H groups in total. The number of hydrogen-bond acceptors (Lipinski definition) is 8. The van der Waals surface area contributed by atoms with Gasteiger partial charge in [0.05, 0.1) is 17.7 Å². The van der Waals surface area contributed by atoms with Gasteiger partial charge in [0.25, 0.3) is 0 Å². The molecule has 0 aliphatic carbocycles. The van der Waals surface area contributed by atoms with Crippen molar-refractivity contribution in [2.75, 3.05) is 31.2 Å². The predicted octanol–water partition coefficient (Wildman–Crippen LogP) is 4.09. The number of benzene rings is 1. The molecule has 1 aliphatic heterocycles. The summed E-state index contributed by atoms with van der Waals surface area (Å²) in [5, 5.41) is 23.5. The molecule has 0 atom stereocenters. The minimum Gasteiger partial charge on any atom is -0.487 e. The third-order valence-corrected chi connectivity index (χ3v) is 5.13. The summed E-state index contributed by atoms with van der Waals surface area (Å²) in [4.78, 5) is 18.0. The van der Waals surface area contributed by atoms with Gasteiger partial charge in [-0.25, -0.2) is 0 Å². The molecule has 160 valence electrons. The zero-order valence-corrected chi connectivity index (χ0v) is 17.5. The summed E-state index contributed by atoms with van der Waals surface area (Å²) in [7, 11) is 0. The second-order valence-electron chi connectivity index (χ2n) is 6.92. The Kier molecular flexibility index (Phi) is 7.78. The molecule has 10 heteroatoms. The van der Waals surface area contributed by atoms with Crippen molar-refractivity contribution in [3.8, 4) is 5.75 Å². The van der Waals surface area contributed by atoms with E-state index in [1.807, 2.05) is 13.0 Å². The molecule has 1 aromatic carbocycles. The Hall–Kier alpha value is -2.94. The van der Waals surface area contributed by atoms with E-state index in [2.05, 4.69) is 20.3 Å². The van der Waals surface area contributed by atoms with E-state index in [1.165, 1.54) is 12.3 Å². The van der Waals surface area contributed by atoms with Gasteiger partial charge in [0.1, 0.15) is 6.61 Å². The highest BCUT2D eigenvalue weighted by atomic mass is 35.5. The molecule has 2 aromatic rings. The first-order valence-corrected chi connectivity index (χ1v) is 10.3.